The summed E-state index contributed by atoms with van der Waals surface area (Å²) in [5.41, 5.74) is -7.19. The highest BCUT2D eigenvalue weighted by atomic mass is 32.2. The van der Waals surface area contributed by atoms with Crippen LogP contribution in [-0.4, -0.2) is 44.4 Å². The zero-order valence-corrected chi connectivity index (χ0v) is 12.7. The molecule has 0 bridgehead atoms. The van der Waals surface area contributed by atoms with Crippen LogP contribution < -0.4 is 5.32 Å². The van der Waals surface area contributed by atoms with Gasteiger partial charge < -0.3 is 15.2 Å². The average molecular weight is 357 g/mol. The van der Waals surface area contributed by atoms with Gasteiger partial charge in [-0.2, -0.15) is 13.2 Å². The number of anilines is 1. The van der Waals surface area contributed by atoms with E-state index in [9.17, 15) is 31.1 Å². The molecule has 0 unspecified atom stereocenters. The van der Waals surface area contributed by atoms with Gasteiger partial charge in [0.2, 0.25) is 0 Å². The topological polar surface area (TPSA) is 75.6 Å². The summed E-state index contributed by atoms with van der Waals surface area (Å²) in [6.07, 6.45) is 0.505. The first-order valence-corrected chi connectivity index (χ1v) is 8.18. The summed E-state index contributed by atoms with van der Waals surface area (Å²) in [6, 6.07) is 2.04. The third kappa shape index (κ3) is 3.93. The second-order valence-corrected chi connectivity index (χ2v) is 7.19. The van der Waals surface area contributed by atoms with Crippen LogP contribution in [0.1, 0.15) is 12.8 Å². The lowest BCUT2D eigenvalue weighted by Gasteiger charge is -2.32. The summed E-state index contributed by atoms with van der Waals surface area (Å²) in [6.45, 7) is 0.396. The van der Waals surface area contributed by atoms with E-state index in [1.807, 2.05) is 0 Å². The van der Waals surface area contributed by atoms with Crippen molar-refractivity contribution in [3.8, 4) is 0 Å². The molecule has 0 radical (unpaired) electrons. The van der Waals surface area contributed by atoms with Gasteiger partial charge in [-0.05, 0) is 18.2 Å². The molecule has 1 aliphatic rings. The molecule has 2 rings (SSSR count). The van der Waals surface area contributed by atoms with Crippen LogP contribution in [0.3, 0.4) is 0 Å². The fraction of sp³-hybridized carbons (Fsp3) is 0.538. The van der Waals surface area contributed by atoms with Gasteiger partial charge in [-0.1, -0.05) is 0 Å². The van der Waals surface area contributed by atoms with Gasteiger partial charge >= 0.3 is 5.51 Å². The number of rotatable bonds is 4. The van der Waals surface area contributed by atoms with Gasteiger partial charge in [-0.3, -0.25) is 0 Å². The average Bonchev–Trinajstić information content (AvgIpc) is 2.45. The van der Waals surface area contributed by atoms with Crippen molar-refractivity contribution in [1.82, 2.24) is 0 Å². The molecule has 10 heteroatoms. The maximum atomic E-state index is 13.2. The third-order valence-corrected chi connectivity index (χ3v) is 5.10. The number of benzene rings is 1. The highest BCUT2D eigenvalue weighted by Gasteiger charge is 2.48. The fourth-order valence-electron chi connectivity index (χ4n) is 2.18. The minimum atomic E-state index is -5.71. The van der Waals surface area contributed by atoms with E-state index in [1.54, 1.807) is 0 Å². The van der Waals surface area contributed by atoms with Crippen LogP contribution in [0.4, 0.5) is 23.2 Å². The number of nitrogens with one attached hydrogen (secondary N) is 1. The summed E-state index contributed by atoms with van der Waals surface area (Å²) in [5.74, 6) is -1.11. The number of sulfone groups is 1. The van der Waals surface area contributed by atoms with Crippen LogP contribution in [0.15, 0.2) is 23.1 Å². The second kappa shape index (κ2) is 6.25. The molecule has 2 N–H and O–H groups in total. The van der Waals surface area contributed by atoms with Crippen molar-refractivity contribution < 1.29 is 35.8 Å². The predicted molar refractivity (Wildman–Crippen MR) is 73.1 cm³/mol. The third-order valence-electron chi connectivity index (χ3n) is 3.57. The van der Waals surface area contributed by atoms with Crippen LogP contribution in [-0.2, 0) is 14.6 Å². The Morgan fingerprint density at radius 2 is 1.87 bits per heavy atom. The van der Waals surface area contributed by atoms with E-state index >= 15 is 0 Å². The van der Waals surface area contributed by atoms with Crippen molar-refractivity contribution in [3.63, 3.8) is 0 Å². The van der Waals surface area contributed by atoms with E-state index in [-0.39, 0.29) is 32.6 Å². The van der Waals surface area contributed by atoms with Crippen molar-refractivity contribution in [2.45, 2.75) is 28.8 Å². The molecule has 130 valence electrons. The van der Waals surface area contributed by atoms with Crippen molar-refractivity contribution in [2.75, 3.05) is 25.1 Å². The number of aliphatic hydroxyl groups is 1. The first kappa shape index (κ1) is 18.0. The lowest BCUT2D eigenvalue weighted by molar-refractivity contribution is -0.0543. The maximum absolute atomic E-state index is 13.2. The van der Waals surface area contributed by atoms with E-state index in [0.29, 0.717) is 6.07 Å². The molecule has 0 saturated carbocycles. The maximum Gasteiger partial charge on any atom is 0.501 e. The van der Waals surface area contributed by atoms with Crippen LogP contribution >= 0.6 is 0 Å². The van der Waals surface area contributed by atoms with Gasteiger partial charge in [-0.15, -0.1) is 0 Å². The summed E-state index contributed by atoms with van der Waals surface area (Å²) in [7, 11) is -5.71. The highest BCUT2D eigenvalue weighted by Crippen LogP contribution is 2.35. The van der Waals surface area contributed by atoms with E-state index in [2.05, 4.69) is 5.32 Å². The minimum absolute atomic E-state index is 0.178. The summed E-state index contributed by atoms with van der Waals surface area (Å²) >= 11 is 0. The molecule has 0 amide bonds. The Hall–Kier alpha value is -1.39. The molecule has 1 aromatic carbocycles. The largest absolute Gasteiger partial charge is 0.501 e. The number of halogens is 4. The molecule has 0 aromatic heterocycles. The first-order valence-electron chi connectivity index (χ1n) is 6.70. The first-order chi connectivity index (χ1) is 10.6. The van der Waals surface area contributed by atoms with Crippen LogP contribution in [0, 0.1) is 5.82 Å². The molecule has 1 saturated heterocycles. The SMILES string of the molecule is O=S(=O)(c1cc(F)ccc1NCC1(O)CCOCC1)C(F)(F)F. The van der Waals surface area contributed by atoms with Crippen LogP contribution in [0.2, 0.25) is 0 Å². The zero-order chi connectivity index (χ0) is 17.3. The van der Waals surface area contributed by atoms with Crippen molar-refractivity contribution in [1.29, 1.82) is 0 Å². The normalized spacial score (nSPS) is 18.7. The van der Waals surface area contributed by atoms with E-state index in [0.717, 1.165) is 12.1 Å². The Kier molecular flexibility index (Phi) is 4.88. The Labute approximate surface area is 130 Å². The lowest BCUT2D eigenvalue weighted by atomic mass is 9.94. The van der Waals surface area contributed by atoms with E-state index in [4.69, 9.17) is 4.74 Å². The van der Waals surface area contributed by atoms with Crippen molar-refractivity contribution >= 4 is 15.5 Å². The van der Waals surface area contributed by atoms with Gasteiger partial charge in [-0.25, -0.2) is 12.8 Å². The summed E-state index contributed by atoms with van der Waals surface area (Å²) in [4.78, 5) is -1.21. The Balaban J connectivity index is 2.29. The summed E-state index contributed by atoms with van der Waals surface area (Å²) in [5, 5.41) is 12.7. The standard InChI is InChI=1S/C13H15F4NO4S/c14-9-1-2-10(11(7-9)23(20,21)13(15,16)17)18-8-12(19)3-5-22-6-4-12/h1-2,7,18-19H,3-6,8H2. The Bertz CT molecular complexity index is 669. The van der Waals surface area contributed by atoms with Crippen LogP contribution in [0.25, 0.3) is 0 Å². The quantitative estimate of drug-likeness (QED) is 0.807. The van der Waals surface area contributed by atoms with Gasteiger partial charge in [0.1, 0.15) is 10.7 Å². The van der Waals surface area contributed by atoms with Gasteiger partial charge in [0, 0.05) is 32.6 Å². The molecule has 1 aromatic rings. The van der Waals surface area contributed by atoms with E-state index in [1.165, 1.54) is 0 Å². The van der Waals surface area contributed by atoms with E-state index < -0.39 is 37.3 Å². The van der Waals surface area contributed by atoms with Crippen LogP contribution in [0.5, 0.6) is 0 Å². The highest BCUT2D eigenvalue weighted by molar-refractivity contribution is 7.92. The summed E-state index contributed by atoms with van der Waals surface area (Å²) < 4.78 is 79.5. The fourth-order valence-corrected chi connectivity index (χ4v) is 3.12. The van der Waals surface area contributed by atoms with Gasteiger partial charge in [0.25, 0.3) is 9.84 Å². The monoisotopic (exact) mass is 357 g/mol. The molecule has 23 heavy (non-hydrogen) atoms. The number of hydrogen-bond acceptors (Lipinski definition) is 5. The molecule has 1 heterocycles. The number of alkyl halides is 3. The molecule has 5 nitrogen and oxygen atoms in total. The molecular weight excluding hydrogens is 342 g/mol. The zero-order valence-electron chi connectivity index (χ0n) is 11.9. The number of ether oxygens (including phenoxy) is 1. The van der Waals surface area contributed by atoms with Crippen molar-refractivity contribution in [2.24, 2.45) is 0 Å². The lowest BCUT2D eigenvalue weighted by Crippen LogP contribution is -2.42. The van der Waals surface area contributed by atoms with Gasteiger partial charge in [0.05, 0.1) is 11.3 Å². The number of hydrogen-bond donors (Lipinski definition) is 2. The van der Waals surface area contributed by atoms with Crippen molar-refractivity contribution in [3.05, 3.63) is 24.0 Å². The Morgan fingerprint density at radius 1 is 1.26 bits per heavy atom. The van der Waals surface area contributed by atoms with Gasteiger partial charge in [0.15, 0.2) is 0 Å². The molecule has 1 fully saturated rings. The molecule has 0 aliphatic carbocycles. The molecule has 0 atom stereocenters. The minimum Gasteiger partial charge on any atom is -0.388 e. The molecule has 0 spiro atoms. The second-order valence-electron chi connectivity index (χ2n) is 5.28. The molecular formula is C13H15F4NO4S. The predicted octanol–water partition coefficient (Wildman–Crippen LogP) is 2.07. The Morgan fingerprint density at radius 3 is 2.43 bits per heavy atom. The smallest absolute Gasteiger partial charge is 0.388 e. The molecule has 1 aliphatic heterocycles.